The minimum Gasteiger partial charge on any atom is -0.468 e. The minimum absolute atomic E-state index is 0.103. The summed E-state index contributed by atoms with van der Waals surface area (Å²) in [7, 11) is 2.03. The molecule has 1 aromatic rings. The second kappa shape index (κ2) is 7.03. The molecule has 3 N–H and O–H groups in total. The van der Waals surface area contributed by atoms with Crippen molar-refractivity contribution in [2.45, 2.75) is 25.8 Å². The number of carbonyl (C=O) groups is 1. The molecule has 0 aromatic carbocycles. The highest BCUT2D eigenvalue weighted by molar-refractivity contribution is 5.75. The van der Waals surface area contributed by atoms with Crippen LogP contribution in [0.2, 0.25) is 0 Å². The Morgan fingerprint density at radius 3 is 3.00 bits per heavy atom. The molecule has 0 spiro atoms. The Hall–Kier alpha value is -1.33. The second-order valence-corrected chi connectivity index (χ2v) is 3.84. The van der Waals surface area contributed by atoms with Crippen LogP contribution in [0, 0.1) is 0 Å². The third-order valence-corrected chi connectivity index (χ3v) is 2.36. The third kappa shape index (κ3) is 4.95. The molecule has 0 saturated carbocycles. The van der Waals surface area contributed by atoms with Crippen molar-refractivity contribution in [3.05, 3.63) is 24.2 Å². The Morgan fingerprint density at radius 2 is 2.38 bits per heavy atom. The van der Waals surface area contributed by atoms with Crippen molar-refractivity contribution < 1.29 is 9.21 Å². The summed E-state index contributed by atoms with van der Waals surface area (Å²) in [5, 5.41) is 0. The number of nitrogens with one attached hydrogen (secondary N) is 1. The molecule has 0 saturated heterocycles. The number of unbranched alkanes of at least 4 members (excludes halogenated alkanes) is 1. The minimum atomic E-state index is -0.103. The van der Waals surface area contributed by atoms with Gasteiger partial charge in [0.15, 0.2) is 0 Å². The van der Waals surface area contributed by atoms with Gasteiger partial charge in [-0.3, -0.25) is 15.1 Å². The molecule has 0 radical (unpaired) electrons. The average Bonchev–Trinajstić information content (AvgIpc) is 2.76. The largest absolute Gasteiger partial charge is 0.468 e. The quantitative estimate of drug-likeness (QED) is 0.312. The summed E-state index contributed by atoms with van der Waals surface area (Å²) < 4.78 is 5.24. The fourth-order valence-corrected chi connectivity index (χ4v) is 1.49. The van der Waals surface area contributed by atoms with Crippen LogP contribution in [0.25, 0.3) is 0 Å². The Kier molecular flexibility index (Phi) is 5.60. The van der Waals surface area contributed by atoms with Crippen LogP contribution in [-0.4, -0.2) is 24.4 Å². The van der Waals surface area contributed by atoms with E-state index in [2.05, 4.69) is 10.3 Å². The molecular formula is C11H19N3O2. The summed E-state index contributed by atoms with van der Waals surface area (Å²) in [4.78, 5) is 13.0. The second-order valence-electron chi connectivity index (χ2n) is 3.84. The van der Waals surface area contributed by atoms with E-state index in [1.807, 2.05) is 19.2 Å². The van der Waals surface area contributed by atoms with E-state index in [-0.39, 0.29) is 5.91 Å². The lowest BCUT2D eigenvalue weighted by molar-refractivity contribution is -0.121. The van der Waals surface area contributed by atoms with Gasteiger partial charge in [0.1, 0.15) is 5.76 Å². The number of furan rings is 1. The van der Waals surface area contributed by atoms with Crippen molar-refractivity contribution in [2.24, 2.45) is 5.84 Å². The summed E-state index contributed by atoms with van der Waals surface area (Å²) in [6.07, 6.45) is 4.00. The maximum atomic E-state index is 10.8. The lowest BCUT2D eigenvalue weighted by Crippen LogP contribution is -2.29. The monoisotopic (exact) mass is 225 g/mol. The molecule has 16 heavy (non-hydrogen) atoms. The number of rotatable bonds is 7. The standard InChI is InChI=1S/C11H19N3O2/c1-14(9-10-5-4-8-16-10)7-3-2-6-11(15)13-12/h4-5,8H,2-3,6-7,9,12H2,1H3,(H,13,15). The predicted molar refractivity (Wildman–Crippen MR) is 61.2 cm³/mol. The summed E-state index contributed by atoms with van der Waals surface area (Å²) in [5.41, 5.74) is 2.12. The van der Waals surface area contributed by atoms with Gasteiger partial charge < -0.3 is 4.42 Å². The van der Waals surface area contributed by atoms with Crippen LogP contribution in [-0.2, 0) is 11.3 Å². The number of hydrogen-bond acceptors (Lipinski definition) is 4. The van der Waals surface area contributed by atoms with E-state index >= 15 is 0 Å². The fraction of sp³-hybridized carbons (Fsp3) is 0.545. The summed E-state index contributed by atoms with van der Waals surface area (Å²) in [6.45, 7) is 1.74. The first-order valence-corrected chi connectivity index (χ1v) is 5.42. The molecule has 0 aliphatic rings. The van der Waals surface area contributed by atoms with Crippen LogP contribution in [0.3, 0.4) is 0 Å². The van der Waals surface area contributed by atoms with Crippen LogP contribution in [0.5, 0.6) is 0 Å². The van der Waals surface area contributed by atoms with Crippen molar-refractivity contribution in [3.8, 4) is 0 Å². The topological polar surface area (TPSA) is 71.5 Å². The van der Waals surface area contributed by atoms with E-state index < -0.39 is 0 Å². The lowest BCUT2D eigenvalue weighted by atomic mass is 10.2. The average molecular weight is 225 g/mol. The van der Waals surface area contributed by atoms with E-state index in [0.29, 0.717) is 6.42 Å². The van der Waals surface area contributed by atoms with E-state index in [1.54, 1.807) is 6.26 Å². The first kappa shape index (κ1) is 12.7. The van der Waals surface area contributed by atoms with Crippen molar-refractivity contribution >= 4 is 5.91 Å². The van der Waals surface area contributed by atoms with Gasteiger partial charge >= 0.3 is 0 Å². The molecular weight excluding hydrogens is 206 g/mol. The van der Waals surface area contributed by atoms with Gasteiger partial charge in [0.25, 0.3) is 0 Å². The van der Waals surface area contributed by atoms with E-state index in [1.165, 1.54) is 0 Å². The van der Waals surface area contributed by atoms with Crippen molar-refractivity contribution in [1.82, 2.24) is 10.3 Å². The first-order chi connectivity index (χ1) is 7.72. The normalized spacial score (nSPS) is 10.7. The lowest BCUT2D eigenvalue weighted by Gasteiger charge is -2.14. The number of amides is 1. The summed E-state index contributed by atoms with van der Waals surface area (Å²) in [6, 6.07) is 3.84. The molecule has 90 valence electrons. The van der Waals surface area contributed by atoms with Gasteiger partial charge in [-0.25, -0.2) is 5.84 Å². The summed E-state index contributed by atoms with van der Waals surface area (Å²) in [5.74, 6) is 5.84. The van der Waals surface area contributed by atoms with Crippen molar-refractivity contribution in [1.29, 1.82) is 0 Å². The molecule has 0 unspecified atom stereocenters. The van der Waals surface area contributed by atoms with Gasteiger partial charge in [-0.05, 0) is 38.6 Å². The van der Waals surface area contributed by atoms with Gasteiger partial charge in [0.2, 0.25) is 5.91 Å². The van der Waals surface area contributed by atoms with Gasteiger partial charge in [0.05, 0.1) is 12.8 Å². The number of nitrogens with two attached hydrogens (primary N) is 1. The molecule has 1 rings (SSSR count). The molecule has 1 heterocycles. The maximum absolute atomic E-state index is 10.8. The van der Waals surface area contributed by atoms with Gasteiger partial charge in [-0.1, -0.05) is 0 Å². The zero-order valence-corrected chi connectivity index (χ0v) is 9.61. The van der Waals surface area contributed by atoms with E-state index in [4.69, 9.17) is 10.3 Å². The van der Waals surface area contributed by atoms with E-state index in [9.17, 15) is 4.79 Å². The summed E-state index contributed by atoms with van der Waals surface area (Å²) >= 11 is 0. The molecule has 0 atom stereocenters. The number of carbonyl (C=O) groups excluding carboxylic acids is 1. The van der Waals surface area contributed by atoms with Crippen LogP contribution >= 0.6 is 0 Å². The molecule has 0 bridgehead atoms. The highest BCUT2D eigenvalue weighted by Crippen LogP contribution is 2.05. The Labute approximate surface area is 95.6 Å². The number of hydrogen-bond donors (Lipinski definition) is 2. The number of hydrazine groups is 1. The Bertz CT molecular complexity index is 298. The highest BCUT2D eigenvalue weighted by Gasteiger charge is 2.03. The van der Waals surface area contributed by atoms with Crippen molar-refractivity contribution in [3.63, 3.8) is 0 Å². The predicted octanol–water partition coefficient (Wildman–Crippen LogP) is 0.872. The number of nitrogens with zero attached hydrogens (tertiary/aromatic N) is 1. The SMILES string of the molecule is CN(CCCCC(=O)NN)Cc1ccco1. The highest BCUT2D eigenvalue weighted by atomic mass is 16.3. The third-order valence-electron chi connectivity index (χ3n) is 2.36. The van der Waals surface area contributed by atoms with Gasteiger partial charge in [-0.15, -0.1) is 0 Å². The van der Waals surface area contributed by atoms with Crippen LogP contribution in [0.4, 0.5) is 0 Å². The van der Waals surface area contributed by atoms with E-state index in [0.717, 1.165) is 31.7 Å². The zero-order chi connectivity index (χ0) is 11.8. The molecule has 0 fully saturated rings. The molecule has 5 nitrogen and oxygen atoms in total. The smallest absolute Gasteiger partial charge is 0.233 e. The fourth-order valence-electron chi connectivity index (χ4n) is 1.49. The van der Waals surface area contributed by atoms with Gasteiger partial charge in [0, 0.05) is 6.42 Å². The van der Waals surface area contributed by atoms with Crippen LogP contribution in [0.1, 0.15) is 25.0 Å². The molecule has 1 aromatic heterocycles. The van der Waals surface area contributed by atoms with Crippen LogP contribution < -0.4 is 11.3 Å². The Morgan fingerprint density at radius 1 is 1.56 bits per heavy atom. The van der Waals surface area contributed by atoms with Crippen molar-refractivity contribution in [2.75, 3.05) is 13.6 Å². The Balaban J connectivity index is 2.06. The molecule has 0 aliphatic heterocycles. The molecule has 1 amide bonds. The van der Waals surface area contributed by atoms with Gasteiger partial charge in [-0.2, -0.15) is 0 Å². The molecule has 0 aliphatic carbocycles. The molecule has 5 heteroatoms. The van der Waals surface area contributed by atoms with Crippen LogP contribution in [0.15, 0.2) is 22.8 Å². The first-order valence-electron chi connectivity index (χ1n) is 5.42. The maximum Gasteiger partial charge on any atom is 0.233 e. The zero-order valence-electron chi connectivity index (χ0n) is 9.61.